The molecule has 0 aromatic carbocycles. The van der Waals surface area contributed by atoms with E-state index in [4.69, 9.17) is 4.52 Å². The third-order valence-electron chi connectivity index (χ3n) is 4.09. The van der Waals surface area contributed by atoms with Gasteiger partial charge in [-0.2, -0.15) is 4.98 Å². The Morgan fingerprint density at radius 2 is 2.22 bits per heavy atom. The summed E-state index contributed by atoms with van der Waals surface area (Å²) in [7, 11) is 0. The smallest absolute Gasteiger partial charge is 0.240 e. The summed E-state index contributed by atoms with van der Waals surface area (Å²) in [5, 5.41) is 13.9. The maximum absolute atomic E-state index is 9.86. The van der Waals surface area contributed by atoms with Crippen molar-refractivity contribution in [3.8, 4) is 0 Å². The highest BCUT2D eigenvalue weighted by atomic mass is 16.5. The van der Waals surface area contributed by atoms with E-state index in [1.807, 2.05) is 0 Å². The highest BCUT2D eigenvalue weighted by Gasteiger charge is 2.30. The van der Waals surface area contributed by atoms with Crippen molar-refractivity contribution in [3.05, 3.63) is 11.7 Å². The number of aliphatic hydroxyl groups excluding tert-OH is 1. The SMILES string of the molecule is CCC1CN(Cc2nc(C3CC3)no2)CCC1O. The molecule has 0 bridgehead atoms. The number of likely N-dealkylation sites (tertiary alicyclic amines) is 1. The lowest BCUT2D eigenvalue weighted by Crippen LogP contribution is -2.42. The van der Waals surface area contributed by atoms with Crippen LogP contribution in [0.5, 0.6) is 0 Å². The molecule has 0 amide bonds. The number of hydrogen-bond donors (Lipinski definition) is 1. The zero-order valence-electron chi connectivity index (χ0n) is 10.9. The van der Waals surface area contributed by atoms with Crippen molar-refractivity contribution in [2.45, 2.75) is 51.2 Å². The number of aliphatic hydroxyl groups is 1. The van der Waals surface area contributed by atoms with Crippen LogP contribution in [-0.4, -0.2) is 39.3 Å². The lowest BCUT2D eigenvalue weighted by Gasteiger charge is -2.34. The standard InChI is InChI=1S/C13H21N3O2/c1-2-9-7-16(6-5-11(9)17)8-12-14-13(15-18-12)10-3-4-10/h9-11,17H,2-8H2,1H3. The highest BCUT2D eigenvalue weighted by Crippen LogP contribution is 2.38. The lowest BCUT2D eigenvalue weighted by molar-refractivity contribution is 0.0187. The molecule has 2 atom stereocenters. The van der Waals surface area contributed by atoms with E-state index in [9.17, 15) is 5.11 Å². The summed E-state index contributed by atoms with van der Waals surface area (Å²) in [4.78, 5) is 6.76. The normalized spacial score (nSPS) is 29.7. The van der Waals surface area contributed by atoms with E-state index in [1.165, 1.54) is 12.8 Å². The molecule has 0 spiro atoms. The van der Waals surface area contributed by atoms with Gasteiger partial charge in [0.2, 0.25) is 5.89 Å². The summed E-state index contributed by atoms with van der Waals surface area (Å²) < 4.78 is 5.30. The van der Waals surface area contributed by atoms with Gasteiger partial charge in [-0.3, -0.25) is 4.90 Å². The second-order valence-electron chi connectivity index (χ2n) is 5.58. The maximum Gasteiger partial charge on any atom is 0.240 e. The van der Waals surface area contributed by atoms with E-state index in [0.29, 0.717) is 11.8 Å². The zero-order chi connectivity index (χ0) is 12.5. The number of hydrogen-bond acceptors (Lipinski definition) is 5. The minimum absolute atomic E-state index is 0.143. The molecule has 3 rings (SSSR count). The van der Waals surface area contributed by atoms with Gasteiger partial charge in [0.1, 0.15) is 0 Å². The molecule has 1 aliphatic carbocycles. The van der Waals surface area contributed by atoms with E-state index in [-0.39, 0.29) is 6.10 Å². The van der Waals surface area contributed by atoms with Gasteiger partial charge in [0.25, 0.3) is 0 Å². The van der Waals surface area contributed by atoms with Crippen molar-refractivity contribution in [1.82, 2.24) is 15.0 Å². The zero-order valence-corrected chi connectivity index (χ0v) is 10.9. The topological polar surface area (TPSA) is 62.4 Å². The molecule has 100 valence electrons. The number of rotatable bonds is 4. The molecule has 2 fully saturated rings. The minimum Gasteiger partial charge on any atom is -0.393 e. The van der Waals surface area contributed by atoms with Crippen LogP contribution in [0, 0.1) is 5.92 Å². The predicted molar refractivity (Wildman–Crippen MR) is 66.0 cm³/mol. The fraction of sp³-hybridized carbons (Fsp3) is 0.846. The Labute approximate surface area is 107 Å². The summed E-state index contributed by atoms with van der Waals surface area (Å²) in [6, 6.07) is 0. The molecular weight excluding hydrogens is 230 g/mol. The number of nitrogens with zero attached hydrogens (tertiary/aromatic N) is 3. The molecule has 2 heterocycles. The fourth-order valence-electron chi connectivity index (χ4n) is 2.67. The lowest BCUT2D eigenvalue weighted by atomic mass is 9.92. The average molecular weight is 251 g/mol. The van der Waals surface area contributed by atoms with Crippen LogP contribution in [0.4, 0.5) is 0 Å². The Balaban J connectivity index is 1.58. The van der Waals surface area contributed by atoms with Crippen molar-refractivity contribution in [1.29, 1.82) is 0 Å². The minimum atomic E-state index is -0.143. The van der Waals surface area contributed by atoms with Gasteiger partial charge in [-0.1, -0.05) is 12.1 Å². The number of piperidine rings is 1. The summed E-state index contributed by atoms with van der Waals surface area (Å²) in [6.07, 6.45) is 4.13. The van der Waals surface area contributed by atoms with Crippen LogP contribution in [-0.2, 0) is 6.54 Å². The average Bonchev–Trinajstić information content (AvgIpc) is 3.13. The van der Waals surface area contributed by atoms with Gasteiger partial charge in [-0.15, -0.1) is 0 Å². The Kier molecular flexibility index (Phi) is 3.35. The van der Waals surface area contributed by atoms with Crippen LogP contribution in [0.2, 0.25) is 0 Å². The van der Waals surface area contributed by atoms with Gasteiger partial charge in [-0.25, -0.2) is 0 Å². The van der Waals surface area contributed by atoms with Crippen LogP contribution in [0.3, 0.4) is 0 Å². The van der Waals surface area contributed by atoms with Crippen molar-refractivity contribution in [2.75, 3.05) is 13.1 Å². The second-order valence-corrected chi connectivity index (χ2v) is 5.58. The monoisotopic (exact) mass is 251 g/mol. The molecule has 2 aliphatic rings. The Bertz CT molecular complexity index is 403. The largest absolute Gasteiger partial charge is 0.393 e. The Hall–Kier alpha value is -0.940. The van der Waals surface area contributed by atoms with Gasteiger partial charge in [0.05, 0.1) is 12.6 Å². The molecule has 2 unspecified atom stereocenters. The van der Waals surface area contributed by atoms with E-state index < -0.39 is 0 Å². The third-order valence-corrected chi connectivity index (χ3v) is 4.09. The van der Waals surface area contributed by atoms with Crippen LogP contribution < -0.4 is 0 Å². The molecule has 5 heteroatoms. The first-order valence-corrected chi connectivity index (χ1v) is 6.99. The van der Waals surface area contributed by atoms with E-state index in [0.717, 1.165) is 44.2 Å². The van der Waals surface area contributed by atoms with Gasteiger partial charge < -0.3 is 9.63 Å². The van der Waals surface area contributed by atoms with Crippen LogP contribution >= 0.6 is 0 Å². The van der Waals surface area contributed by atoms with E-state index >= 15 is 0 Å². The van der Waals surface area contributed by atoms with Crippen LogP contribution in [0.15, 0.2) is 4.52 Å². The van der Waals surface area contributed by atoms with Crippen molar-refractivity contribution in [2.24, 2.45) is 5.92 Å². The molecule has 1 aromatic heterocycles. The molecule has 1 saturated heterocycles. The first kappa shape index (κ1) is 12.1. The van der Waals surface area contributed by atoms with Gasteiger partial charge in [0, 0.05) is 19.0 Å². The van der Waals surface area contributed by atoms with E-state index in [2.05, 4.69) is 22.0 Å². The molecule has 1 aromatic rings. The fourth-order valence-corrected chi connectivity index (χ4v) is 2.67. The second kappa shape index (κ2) is 4.97. The van der Waals surface area contributed by atoms with Gasteiger partial charge in [-0.05, 0) is 31.6 Å². The summed E-state index contributed by atoms with van der Waals surface area (Å²) in [5.41, 5.74) is 0. The Morgan fingerprint density at radius 1 is 1.39 bits per heavy atom. The van der Waals surface area contributed by atoms with Crippen LogP contribution in [0.25, 0.3) is 0 Å². The van der Waals surface area contributed by atoms with Crippen LogP contribution in [0.1, 0.15) is 50.2 Å². The highest BCUT2D eigenvalue weighted by molar-refractivity contribution is 5.03. The molecular formula is C13H21N3O2. The maximum atomic E-state index is 9.86. The van der Waals surface area contributed by atoms with Gasteiger partial charge in [0.15, 0.2) is 5.82 Å². The van der Waals surface area contributed by atoms with Crippen molar-refractivity contribution in [3.63, 3.8) is 0 Å². The van der Waals surface area contributed by atoms with E-state index in [1.54, 1.807) is 0 Å². The molecule has 1 saturated carbocycles. The predicted octanol–water partition coefficient (Wildman–Crippen LogP) is 1.54. The summed E-state index contributed by atoms with van der Waals surface area (Å²) >= 11 is 0. The molecule has 0 radical (unpaired) electrons. The first-order valence-electron chi connectivity index (χ1n) is 6.99. The third kappa shape index (κ3) is 2.57. The first-order chi connectivity index (χ1) is 8.76. The molecule has 1 aliphatic heterocycles. The quantitative estimate of drug-likeness (QED) is 0.879. The molecule has 1 N–H and O–H groups in total. The summed E-state index contributed by atoms with van der Waals surface area (Å²) in [5.74, 6) is 2.54. The molecule has 18 heavy (non-hydrogen) atoms. The Morgan fingerprint density at radius 3 is 2.94 bits per heavy atom. The van der Waals surface area contributed by atoms with Gasteiger partial charge >= 0.3 is 0 Å². The van der Waals surface area contributed by atoms with Crippen molar-refractivity contribution >= 4 is 0 Å². The van der Waals surface area contributed by atoms with Crippen molar-refractivity contribution < 1.29 is 9.63 Å². The number of aromatic nitrogens is 2. The summed E-state index contributed by atoms with van der Waals surface area (Å²) in [6.45, 7) is 4.70. The molecule has 5 nitrogen and oxygen atoms in total.